The molecule has 194 valence electrons. The summed E-state index contributed by atoms with van der Waals surface area (Å²) >= 11 is 0. The van der Waals surface area contributed by atoms with Gasteiger partial charge in [-0.15, -0.1) is 0 Å². The lowest BCUT2D eigenvalue weighted by Gasteiger charge is -2.28. The molecular weight excluding hydrogens is 492 g/mol. The number of carboxylic acids is 1. The number of nitrogens with zero attached hydrogens (tertiary/aromatic N) is 2. The van der Waals surface area contributed by atoms with Crippen LogP contribution in [-0.2, 0) is 16.6 Å². The van der Waals surface area contributed by atoms with Crippen LogP contribution in [0.25, 0.3) is 11.0 Å². The minimum Gasteiger partial charge on any atom is -0.478 e. The Morgan fingerprint density at radius 1 is 1.05 bits per heavy atom. The van der Waals surface area contributed by atoms with Crippen LogP contribution in [0.1, 0.15) is 42.3 Å². The molecule has 4 aromatic rings. The van der Waals surface area contributed by atoms with E-state index >= 15 is 0 Å². The third kappa shape index (κ3) is 6.53. The summed E-state index contributed by atoms with van der Waals surface area (Å²) in [4.78, 5) is 15.8. The van der Waals surface area contributed by atoms with Gasteiger partial charge in [0, 0.05) is 24.3 Å². The third-order valence-corrected chi connectivity index (χ3v) is 7.59. The summed E-state index contributed by atoms with van der Waals surface area (Å²) in [6, 6.07) is 19.7. The van der Waals surface area contributed by atoms with E-state index in [0.717, 1.165) is 11.0 Å². The number of rotatable bonds is 11. The van der Waals surface area contributed by atoms with Crippen LogP contribution in [0.15, 0.2) is 84.0 Å². The van der Waals surface area contributed by atoms with Crippen molar-refractivity contribution in [3.8, 4) is 0 Å². The number of nitrogens with one attached hydrogen (secondary N) is 2. The van der Waals surface area contributed by atoms with Gasteiger partial charge in [0.2, 0.25) is 0 Å². The predicted octanol–water partition coefficient (Wildman–Crippen LogP) is 4.03. The first kappa shape index (κ1) is 26.3. The van der Waals surface area contributed by atoms with Crippen molar-refractivity contribution in [2.24, 2.45) is 0 Å². The predicted molar refractivity (Wildman–Crippen MR) is 142 cm³/mol. The lowest BCUT2D eigenvalue weighted by molar-refractivity contribution is 0.0697. The Morgan fingerprint density at radius 2 is 1.81 bits per heavy atom. The van der Waals surface area contributed by atoms with Crippen molar-refractivity contribution >= 4 is 32.7 Å². The summed E-state index contributed by atoms with van der Waals surface area (Å²) < 4.78 is 29.7. The molecule has 0 aliphatic rings. The topological polar surface area (TPSA) is 134 Å². The monoisotopic (exact) mass is 522 g/mol. The van der Waals surface area contributed by atoms with E-state index in [2.05, 4.69) is 15.0 Å². The van der Waals surface area contributed by atoms with Crippen LogP contribution in [-0.4, -0.2) is 46.2 Å². The molecule has 0 spiro atoms. The number of anilines is 1. The zero-order chi connectivity index (χ0) is 26.6. The van der Waals surface area contributed by atoms with Gasteiger partial charge in [-0.25, -0.2) is 18.2 Å². The molecule has 1 unspecified atom stereocenters. The minimum absolute atomic E-state index is 0.161. The molecule has 1 aromatic heterocycles. The van der Waals surface area contributed by atoms with Crippen molar-refractivity contribution in [1.29, 1.82) is 0 Å². The number of aliphatic hydroxyl groups excluding tert-OH is 1. The van der Waals surface area contributed by atoms with E-state index in [9.17, 15) is 23.4 Å². The second-order valence-corrected chi connectivity index (χ2v) is 11.2. The molecule has 0 aliphatic heterocycles. The van der Waals surface area contributed by atoms with Crippen molar-refractivity contribution in [2.75, 3.05) is 11.3 Å². The van der Waals surface area contributed by atoms with Gasteiger partial charge in [-0.3, -0.25) is 4.72 Å². The van der Waals surface area contributed by atoms with Crippen LogP contribution < -0.4 is 10.0 Å². The van der Waals surface area contributed by atoms with Gasteiger partial charge in [-0.2, -0.15) is 0 Å². The van der Waals surface area contributed by atoms with Crippen LogP contribution in [0.4, 0.5) is 5.69 Å². The lowest BCUT2D eigenvalue weighted by atomic mass is 9.99. The van der Waals surface area contributed by atoms with E-state index in [1.165, 1.54) is 18.2 Å². The van der Waals surface area contributed by atoms with Gasteiger partial charge in [0.15, 0.2) is 0 Å². The van der Waals surface area contributed by atoms with Gasteiger partial charge < -0.3 is 20.1 Å². The maximum atomic E-state index is 12.6. The second-order valence-electron chi connectivity index (χ2n) is 9.52. The van der Waals surface area contributed by atoms with Crippen LogP contribution in [0.2, 0.25) is 0 Å². The third-order valence-electron chi connectivity index (χ3n) is 6.20. The average Bonchev–Trinajstić information content (AvgIpc) is 3.29. The zero-order valence-electron chi connectivity index (χ0n) is 20.6. The van der Waals surface area contributed by atoms with Crippen molar-refractivity contribution < 1.29 is 23.4 Å². The highest BCUT2D eigenvalue weighted by Gasteiger charge is 2.21. The number of carbonyl (C=O) groups is 1. The molecule has 1 heterocycles. The molecule has 4 rings (SSSR count). The van der Waals surface area contributed by atoms with Crippen LogP contribution in [0, 0.1) is 0 Å². The van der Waals surface area contributed by atoms with E-state index in [1.54, 1.807) is 60.9 Å². The number of hydrogen-bond acceptors (Lipinski definition) is 6. The molecule has 9 nitrogen and oxygen atoms in total. The number of fused-ring (bicyclic) bond motifs is 1. The standard InChI is InChI=1S/C27H30N4O5S/c1-27(2,13-14-31-18-28-23-12-11-20(26(33)34)16-24(23)31)29-17-25(32)19-7-6-8-21(15-19)30-37(35,36)22-9-4-3-5-10-22/h3-12,15-16,18,25,29-30,32H,13-14,17H2,1-2H3,(H,33,34). The van der Waals surface area contributed by atoms with Gasteiger partial charge in [-0.1, -0.05) is 30.3 Å². The van der Waals surface area contributed by atoms with Gasteiger partial charge >= 0.3 is 5.97 Å². The number of sulfonamides is 1. The Balaban J connectivity index is 1.37. The molecule has 0 radical (unpaired) electrons. The van der Waals surface area contributed by atoms with Crippen molar-refractivity contribution in [3.63, 3.8) is 0 Å². The quantitative estimate of drug-likeness (QED) is 0.234. The van der Waals surface area contributed by atoms with Crippen LogP contribution in [0.5, 0.6) is 0 Å². The summed E-state index contributed by atoms with van der Waals surface area (Å²) in [6.45, 7) is 4.90. The molecule has 1 atom stereocenters. The Bertz CT molecular complexity index is 1500. The number of aromatic carboxylic acids is 1. The molecule has 3 aromatic carbocycles. The molecule has 4 N–H and O–H groups in total. The molecule has 0 saturated carbocycles. The fourth-order valence-corrected chi connectivity index (χ4v) is 5.04. The molecule has 0 amide bonds. The van der Waals surface area contributed by atoms with Crippen molar-refractivity contribution in [1.82, 2.24) is 14.9 Å². The van der Waals surface area contributed by atoms with Crippen molar-refractivity contribution in [2.45, 2.75) is 43.4 Å². The van der Waals surface area contributed by atoms with Gasteiger partial charge in [0.1, 0.15) is 0 Å². The van der Waals surface area contributed by atoms with E-state index in [-0.39, 0.29) is 22.5 Å². The molecular formula is C27H30N4O5S. The van der Waals surface area contributed by atoms with Gasteiger partial charge in [0.25, 0.3) is 10.0 Å². The smallest absolute Gasteiger partial charge is 0.335 e. The van der Waals surface area contributed by atoms with Crippen LogP contribution >= 0.6 is 0 Å². The minimum atomic E-state index is -3.73. The zero-order valence-corrected chi connectivity index (χ0v) is 21.4. The van der Waals surface area contributed by atoms with Gasteiger partial charge in [-0.05, 0) is 68.3 Å². The maximum Gasteiger partial charge on any atom is 0.335 e. The molecule has 0 aliphatic carbocycles. The highest BCUT2D eigenvalue weighted by Crippen LogP contribution is 2.22. The number of aryl methyl sites for hydroxylation is 1. The molecule has 0 saturated heterocycles. The number of aliphatic hydroxyl groups is 1. The first-order valence-corrected chi connectivity index (χ1v) is 13.3. The van der Waals surface area contributed by atoms with Crippen LogP contribution in [0.3, 0.4) is 0 Å². The normalized spacial score (nSPS) is 12.9. The summed E-state index contributed by atoms with van der Waals surface area (Å²) in [6.07, 6.45) is 1.54. The lowest BCUT2D eigenvalue weighted by Crippen LogP contribution is -2.42. The van der Waals surface area contributed by atoms with E-state index in [1.807, 2.05) is 18.4 Å². The Labute approximate surface area is 215 Å². The molecule has 10 heteroatoms. The highest BCUT2D eigenvalue weighted by molar-refractivity contribution is 7.92. The highest BCUT2D eigenvalue weighted by atomic mass is 32.2. The maximum absolute atomic E-state index is 12.6. The molecule has 0 fully saturated rings. The summed E-state index contributed by atoms with van der Waals surface area (Å²) in [5, 5.41) is 23.4. The second kappa shape index (κ2) is 10.7. The number of benzene rings is 3. The Kier molecular flexibility index (Phi) is 7.63. The summed E-state index contributed by atoms with van der Waals surface area (Å²) in [5.41, 5.74) is 2.29. The summed E-state index contributed by atoms with van der Waals surface area (Å²) in [5.74, 6) is -0.984. The number of imidazole rings is 1. The SMILES string of the molecule is CC(C)(CCn1cnc2ccc(C(=O)O)cc21)NCC(O)c1cccc(NS(=O)(=O)c2ccccc2)c1. The average molecular weight is 523 g/mol. The largest absolute Gasteiger partial charge is 0.478 e. The van der Waals surface area contributed by atoms with Crippen molar-refractivity contribution in [3.05, 3.63) is 90.3 Å². The number of aromatic nitrogens is 2. The Morgan fingerprint density at radius 3 is 2.54 bits per heavy atom. The number of β-amino-alcohol motifs (C(OH)–C–C–N with tert-alkyl or cyclic N) is 1. The first-order valence-electron chi connectivity index (χ1n) is 11.8. The first-order chi connectivity index (χ1) is 17.5. The molecule has 37 heavy (non-hydrogen) atoms. The van der Waals surface area contributed by atoms with Gasteiger partial charge in [0.05, 0.1) is 33.9 Å². The fraction of sp³-hybridized carbons (Fsp3) is 0.259. The van der Waals surface area contributed by atoms with E-state index in [4.69, 9.17) is 0 Å². The summed E-state index contributed by atoms with van der Waals surface area (Å²) in [7, 11) is -3.73. The number of hydrogen-bond donors (Lipinski definition) is 4. The van der Waals surface area contributed by atoms with E-state index < -0.39 is 22.1 Å². The Hall–Kier alpha value is -3.73. The van der Waals surface area contributed by atoms with E-state index in [0.29, 0.717) is 24.2 Å². The molecule has 0 bridgehead atoms. The number of carboxylic acid groups (broad SMARTS) is 1. The fourth-order valence-electron chi connectivity index (χ4n) is 3.97.